The standard InChI is InChI=1S/C22H31N6O5PS.C22H30N5O7PS/c1-22(2,13-29)21(30)35-11-10-33-34(31,27-12-17-6-4-3-5-7-17)16-32-9-8-28-15-26-18-19(23)24-14-25-20(18)28;1-16-25-19-18(20(28)26-16)23-14-27(19)15-32-9-10-33-35(31,24-13-17-7-5-4-6-8-17)34-11-12-36-21(29)22(2,3)30/h3-7,14-15,29H,8-13,16H2,1-2H3,(H,27,31)(H2,23,24,25);4-8,14,30H,9-13,15H2,1-3H3,(H,24,31)(H,25,26,28). The molecule has 0 amide bonds. The van der Waals surface area contributed by atoms with Gasteiger partial charge in [-0.1, -0.05) is 84.2 Å². The summed E-state index contributed by atoms with van der Waals surface area (Å²) in [4.78, 5) is 59.2. The van der Waals surface area contributed by atoms with Crippen molar-refractivity contribution >= 4 is 77.2 Å². The lowest BCUT2D eigenvalue weighted by molar-refractivity contribution is -0.124. The number of nitrogens with one attached hydrogen (secondary N) is 3. The van der Waals surface area contributed by atoms with E-state index in [1.165, 1.54) is 26.5 Å². The number of nitrogens with two attached hydrogens (primary N) is 1. The van der Waals surface area contributed by atoms with E-state index in [-0.39, 0.29) is 81.2 Å². The molecule has 0 radical (unpaired) electrons. The average molecular weight is 1060 g/mol. The Hall–Kier alpha value is -4.72. The highest BCUT2D eigenvalue weighted by Gasteiger charge is 2.29. The average Bonchev–Trinajstić information content (AvgIpc) is 3.97. The summed E-state index contributed by atoms with van der Waals surface area (Å²) in [6.07, 6.45) is 4.28. The second kappa shape index (κ2) is 27.4. The maximum Gasteiger partial charge on any atom is 0.405 e. The molecule has 4 heterocycles. The Bertz CT molecular complexity index is 2800. The number of rotatable bonds is 28. The molecule has 2 unspecified atom stereocenters. The van der Waals surface area contributed by atoms with Crippen LogP contribution in [-0.2, 0) is 68.1 Å². The van der Waals surface area contributed by atoms with Crippen molar-refractivity contribution < 1.29 is 52.0 Å². The zero-order valence-corrected chi connectivity index (χ0v) is 43.5. The number of H-pyrrole nitrogens is 1. The molecule has 27 heteroatoms. The molecule has 7 N–H and O–H groups in total. The minimum Gasteiger partial charge on any atom is -0.395 e. The van der Waals surface area contributed by atoms with Crippen LogP contribution in [0.25, 0.3) is 22.3 Å². The lowest BCUT2D eigenvalue weighted by Gasteiger charge is -2.21. The fourth-order valence-corrected chi connectivity index (χ4v) is 10.3. The summed E-state index contributed by atoms with van der Waals surface area (Å²) < 4.78 is 58.1. The number of carbonyl (C=O) groups is 2. The predicted octanol–water partition coefficient (Wildman–Crippen LogP) is 5.02. The van der Waals surface area contributed by atoms with Gasteiger partial charge in [-0.25, -0.2) is 39.7 Å². The van der Waals surface area contributed by atoms with E-state index in [1.54, 1.807) is 36.2 Å². The molecule has 71 heavy (non-hydrogen) atoms. The molecule has 0 aliphatic carbocycles. The zero-order chi connectivity index (χ0) is 51.5. The Morgan fingerprint density at radius 1 is 0.761 bits per heavy atom. The number of carbonyl (C=O) groups excluding carboxylic acids is 2. The summed E-state index contributed by atoms with van der Waals surface area (Å²) in [7, 11) is -7.10. The van der Waals surface area contributed by atoms with Crippen LogP contribution in [0, 0.1) is 12.3 Å². The highest BCUT2D eigenvalue weighted by Crippen LogP contribution is 2.44. The second-order valence-electron chi connectivity index (χ2n) is 16.7. The van der Waals surface area contributed by atoms with Crippen molar-refractivity contribution in [2.45, 2.75) is 66.6 Å². The van der Waals surface area contributed by atoms with Crippen molar-refractivity contribution in [1.82, 2.24) is 49.2 Å². The van der Waals surface area contributed by atoms with Gasteiger partial charge in [0, 0.05) is 31.1 Å². The van der Waals surface area contributed by atoms with Crippen molar-refractivity contribution in [2.75, 3.05) is 63.2 Å². The molecule has 386 valence electrons. The van der Waals surface area contributed by atoms with E-state index in [1.807, 2.05) is 60.7 Å². The van der Waals surface area contributed by atoms with Crippen LogP contribution in [-0.4, -0.2) is 123 Å². The lowest BCUT2D eigenvalue weighted by Crippen LogP contribution is -2.29. The second-order valence-corrected chi connectivity index (χ2v) is 22.8. The highest BCUT2D eigenvalue weighted by molar-refractivity contribution is 8.14. The number of aliphatic hydroxyl groups excluding tert-OH is 1. The minimum absolute atomic E-state index is 0.0347. The van der Waals surface area contributed by atoms with Gasteiger partial charge in [-0.05, 0) is 45.7 Å². The third-order valence-electron chi connectivity index (χ3n) is 9.81. The molecule has 4 aromatic heterocycles. The summed E-state index contributed by atoms with van der Waals surface area (Å²) in [6.45, 7) is 8.98. The number of ether oxygens (including phenoxy) is 2. The van der Waals surface area contributed by atoms with E-state index in [4.69, 9.17) is 28.8 Å². The number of aliphatic hydroxyl groups is 2. The van der Waals surface area contributed by atoms with Crippen molar-refractivity contribution in [3.8, 4) is 0 Å². The van der Waals surface area contributed by atoms with Gasteiger partial charge in [0.2, 0.25) is 5.12 Å². The van der Waals surface area contributed by atoms with Crippen LogP contribution < -0.4 is 21.5 Å². The van der Waals surface area contributed by atoms with Crippen LogP contribution in [0.2, 0.25) is 0 Å². The molecule has 23 nitrogen and oxygen atoms in total. The molecule has 0 spiro atoms. The predicted molar refractivity (Wildman–Crippen MR) is 271 cm³/mol. The topological polar surface area (TPSA) is 312 Å². The summed E-state index contributed by atoms with van der Waals surface area (Å²) in [5, 5.41) is 24.3. The van der Waals surface area contributed by atoms with E-state index >= 15 is 0 Å². The minimum atomic E-state index is -3.73. The number of benzene rings is 2. The first-order chi connectivity index (χ1) is 33.8. The first kappa shape index (κ1) is 57.2. The largest absolute Gasteiger partial charge is 0.405 e. The molecule has 2 aromatic carbocycles. The maximum absolute atomic E-state index is 13.5. The van der Waals surface area contributed by atoms with Gasteiger partial charge in [-0.3, -0.25) is 32.6 Å². The lowest BCUT2D eigenvalue weighted by atomic mass is 9.97. The van der Waals surface area contributed by atoms with E-state index in [9.17, 15) is 33.7 Å². The van der Waals surface area contributed by atoms with Crippen molar-refractivity contribution in [3.05, 3.63) is 107 Å². The Balaban J connectivity index is 0.000000264. The van der Waals surface area contributed by atoms with Gasteiger partial charge in [0.05, 0.1) is 57.7 Å². The number of imidazole rings is 2. The van der Waals surface area contributed by atoms with Crippen molar-refractivity contribution in [3.63, 3.8) is 0 Å². The molecular formula is C44H61N11O12P2S2. The molecule has 0 aliphatic rings. The maximum atomic E-state index is 13.5. The molecule has 0 fully saturated rings. The number of nitrogen functional groups attached to an aromatic ring is 1. The summed E-state index contributed by atoms with van der Waals surface area (Å²) >= 11 is 1.94. The zero-order valence-electron chi connectivity index (χ0n) is 40.1. The van der Waals surface area contributed by atoms with Gasteiger partial charge < -0.3 is 39.5 Å². The Morgan fingerprint density at radius 3 is 2.03 bits per heavy atom. The number of hydrogen-bond donors (Lipinski definition) is 6. The van der Waals surface area contributed by atoms with E-state index < -0.39 is 31.4 Å². The van der Waals surface area contributed by atoms with Crippen LogP contribution >= 0.6 is 38.8 Å². The highest BCUT2D eigenvalue weighted by atomic mass is 32.2. The normalized spacial score (nSPS) is 13.7. The van der Waals surface area contributed by atoms with Crippen LogP contribution in [0.15, 0.2) is 84.4 Å². The number of hydrogen-bond acceptors (Lipinski definition) is 20. The number of anilines is 1. The first-order valence-electron chi connectivity index (χ1n) is 22.2. The molecule has 0 saturated carbocycles. The SMILES string of the molecule is CC(C)(CO)C(=O)SCCOP(=O)(COCCn1cnc2c(N)ncnc21)NCc1ccccc1.Cc1nc2c(ncn2COCCOP(=O)(NCc2ccccc2)OCCSC(=O)C(C)(C)O)c(=O)[nH]1. The summed E-state index contributed by atoms with van der Waals surface area (Å²) in [5.41, 5.74) is 6.74. The molecule has 0 saturated heterocycles. The fraction of sp³-hybridized carbons (Fsp3) is 0.455. The number of thioether (sulfide) groups is 2. The molecule has 0 aliphatic heterocycles. The molecule has 6 aromatic rings. The fourth-order valence-electron chi connectivity index (χ4n) is 5.84. The van der Waals surface area contributed by atoms with Gasteiger partial charge in [0.15, 0.2) is 27.7 Å². The number of nitrogens with zero attached hydrogens (tertiary/aromatic N) is 7. The van der Waals surface area contributed by atoms with Crippen molar-refractivity contribution in [1.29, 1.82) is 0 Å². The third-order valence-corrected chi connectivity index (χ3v) is 15.5. The van der Waals surface area contributed by atoms with Gasteiger partial charge in [-0.2, -0.15) is 0 Å². The smallest absolute Gasteiger partial charge is 0.395 e. The number of fused-ring (bicyclic) bond motifs is 2. The van der Waals surface area contributed by atoms with Crippen LogP contribution in [0.1, 0.15) is 44.6 Å². The molecule has 0 bridgehead atoms. The molecule has 6 rings (SSSR count). The Labute approximate surface area is 418 Å². The Morgan fingerprint density at radius 2 is 1.37 bits per heavy atom. The van der Waals surface area contributed by atoms with Crippen LogP contribution in [0.4, 0.5) is 5.82 Å². The molecular weight excluding hydrogens is 1000 g/mol. The quantitative estimate of drug-likeness (QED) is 0.0277. The number of aromatic amines is 1. The third kappa shape index (κ3) is 18.4. The summed E-state index contributed by atoms with van der Waals surface area (Å²) in [6, 6.07) is 18.9. The number of aromatic nitrogens is 8. The van der Waals surface area contributed by atoms with Crippen molar-refractivity contribution in [2.24, 2.45) is 5.41 Å². The van der Waals surface area contributed by atoms with E-state index in [0.29, 0.717) is 47.3 Å². The van der Waals surface area contributed by atoms with Gasteiger partial charge >= 0.3 is 7.75 Å². The van der Waals surface area contributed by atoms with Gasteiger partial charge in [0.25, 0.3) is 13.1 Å². The Kier molecular flexibility index (Phi) is 22.0. The van der Waals surface area contributed by atoms with Gasteiger partial charge in [-0.15, -0.1) is 0 Å². The van der Waals surface area contributed by atoms with Crippen LogP contribution in [0.5, 0.6) is 0 Å². The van der Waals surface area contributed by atoms with Crippen LogP contribution in [0.3, 0.4) is 0 Å². The number of aryl methyl sites for hydroxylation is 1. The molecule has 2 atom stereocenters. The van der Waals surface area contributed by atoms with Gasteiger partial charge in [0.1, 0.15) is 36.3 Å². The summed E-state index contributed by atoms with van der Waals surface area (Å²) in [5.74, 6) is 1.26. The van der Waals surface area contributed by atoms with E-state index in [0.717, 1.165) is 34.7 Å². The first-order valence-corrected chi connectivity index (χ1v) is 27.5. The van der Waals surface area contributed by atoms with E-state index in [2.05, 4.69) is 40.1 Å². The monoisotopic (exact) mass is 1060 g/mol.